The zero-order valence-corrected chi connectivity index (χ0v) is 14.5. The molecule has 128 valence electrons. The molecule has 0 saturated heterocycles. The van der Waals surface area contributed by atoms with Gasteiger partial charge in [0, 0.05) is 10.8 Å². The van der Waals surface area contributed by atoms with Crippen LogP contribution in [0, 0.1) is 13.8 Å². The Kier molecular flexibility index (Phi) is 5.09. The van der Waals surface area contributed by atoms with Crippen LogP contribution in [0.4, 0.5) is 10.7 Å². The van der Waals surface area contributed by atoms with E-state index in [0.717, 1.165) is 18.4 Å². The summed E-state index contributed by atoms with van der Waals surface area (Å²) in [4.78, 5) is 34.8. The molecule has 2 heterocycles. The van der Waals surface area contributed by atoms with Crippen molar-refractivity contribution in [3.05, 3.63) is 28.0 Å². The molecule has 2 rings (SSSR count). The van der Waals surface area contributed by atoms with Crippen LogP contribution in [0.25, 0.3) is 0 Å². The van der Waals surface area contributed by atoms with Crippen molar-refractivity contribution < 1.29 is 22.7 Å². The third kappa shape index (κ3) is 4.02. The van der Waals surface area contributed by atoms with Crippen molar-refractivity contribution in [3.63, 3.8) is 0 Å². The van der Waals surface area contributed by atoms with Gasteiger partial charge in [0.05, 0.1) is 12.7 Å². The number of thiophene rings is 1. The van der Waals surface area contributed by atoms with Crippen LogP contribution >= 0.6 is 11.3 Å². The zero-order chi connectivity index (χ0) is 17.9. The Morgan fingerprint density at radius 2 is 1.75 bits per heavy atom. The van der Waals surface area contributed by atoms with Crippen LogP contribution in [0.2, 0.25) is 0 Å². The quantitative estimate of drug-likeness (QED) is 0.754. The van der Waals surface area contributed by atoms with Crippen LogP contribution < -0.4 is 10.0 Å². The minimum Gasteiger partial charge on any atom is -0.465 e. The molecule has 2 N–H and O–H groups in total. The van der Waals surface area contributed by atoms with Gasteiger partial charge in [-0.2, -0.15) is 21.3 Å². The van der Waals surface area contributed by atoms with E-state index < -0.39 is 22.0 Å². The van der Waals surface area contributed by atoms with Crippen LogP contribution in [-0.4, -0.2) is 42.5 Å². The molecule has 0 fully saturated rings. The molecule has 2 aromatic rings. The van der Waals surface area contributed by atoms with Crippen LogP contribution in [0.5, 0.6) is 0 Å². The monoisotopic (exact) mass is 371 g/mol. The lowest BCUT2D eigenvalue weighted by atomic mass is 10.3. The number of ether oxygens (including phenoxy) is 1. The number of sulfonamides is 1. The molecule has 24 heavy (non-hydrogen) atoms. The van der Waals surface area contributed by atoms with Gasteiger partial charge in [-0.05, 0) is 13.8 Å². The first-order valence-corrected chi connectivity index (χ1v) is 8.83. The number of hydrogen-bond acceptors (Lipinski definition) is 9. The van der Waals surface area contributed by atoms with Crippen molar-refractivity contribution in [1.82, 2.24) is 19.7 Å². The van der Waals surface area contributed by atoms with Crippen molar-refractivity contribution >= 4 is 39.3 Å². The van der Waals surface area contributed by atoms with Crippen molar-refractivity contribution in [2.75, 3.05) is 12.4 Å². The molecule has 12 heteroatoms. The normalized spacial score (nSPS) is 11.0. The highest BCUT2D eigenvalue weighted by Gasteiger charge is 2.26. The number of hydrogen-bond donors (Lipinski definition) is 2. The van der Waals surface area contributed by atoms with E-state index in [2.05, 4.69) is 25.0 Å². The molecule has 0 unspecified atom stereocenters. The standard InChI is InChI=1S/C12H13N5O5S2/c1-6-13-7(2)15-11(14-6)16-12(19)17-24(20,21)9-5-23-4-8(9)10(18)22-3/h4-5H,1-3H3,(H2,13,14,15,16,17,19). The topological polar surface area (TPSA) is 140 Å². The summed E-state index contributed by atoms with van der Waals surface area (Å²) >= 11 is 0.987. The number of rotatable bonds is 4. The van der Waals surface area contributed by atoms with E-state index in [4.69, 9.17) is 0 Å². The zero-order valence-electron chi connectivity index (χ0n) is 12.9. The van der Waals surface area contributed by atoms with Gasteiger partial charge in [0.1, 0.15) is 16.5 Å². The molecule has 0 aromatic carbocycles. The molecule has 0 atom stereocenters. The van der Waals surface area contributed by atoms with Crippen molar-refractivity contribution in [2.24, 2.45) is 0 Å². The second kappa shape index (κ2) is 6.88. The summed E-state index contributed by atoms with van der Waals surface area (Å²) in [6.07, 6.45) is 0. The van der Waals surface area contributed by atoms with Gasteiger partial charge >= 0.3 is 12.0 Å². The number of urea groups is 1. The molecule has 0 radical (unpaired) electrons. The first-order valence-electron chi connectivity index (χ1n) is 6.40. The smallest absolute Gasteiger partial charge is 0.340 e. The number of carbonyl (C=O) groups excluding carboxylic acids is 2. The van der Waals surface area contributed by atoms with E-state index in [1.54, 1.807) is 18.6 Å². The molecule has 0 aliphatic heterocycles. The number of amides is 2. The number of nitrogens with one attached hydrogen (secondary N) is 2. The van der Waals surface area contributed by atoms with Gasteiger partial charge in [0.15, 0.2) is 0 Å². The molecule has 0 aliphatic carbocycles. The first-order chi connectivity index (χ1) is 11.2. The SMILES string of the molecule is COC(=O)c1cscc1S(=O)(=O)NC(=O)Nc1nc(C)nc(C)n1. The fraction of sp³-hybridized carbons (Fsp3) is 0.250. The predicted molar refractivity (Wildman–Crippen MR) is 84.3 cm³/mol. The Morgan fingerprint density at radius 3 is 2.33 bits per heavy atom. The number of nitrogens with zero attached hydrogens (tertiary/aromatic N) is 3. The molecule has 2 amide bonds. The van der Waals surface area contributed by atoms with E-state index in [0.29, 0.717) is 11.6 Å². The summed E-state index contributed by atoms with van der Waals surface area (Å²) in [6.45, 7) is 3.20. The van der Waals surface area contributed by atoms with Crippen molar-refractivity contribution in [1.29, 1.82) is 0 Å². The van der Waals surface area contributed by atoms with E-state index in [1.807, 2.05) is 0 Å². The van der Waals surface area contributed by atoms with E-state index >= 15 is 0 Å². The lowest BCUT2D eigenvalue weighted by Crippen LogP contribution is -2.35. The molecular weight excluding hydrogens is 358 g/mol. The number of aromatic nitrogens is 3. The molecular formula is C12H13N5O5S2. The van der Waals surface area contributed by atoms with E-state index in [1.165, 1.54) is 10.8 Å². The Morgan fingerprint density at radius 1 is 1.12 bits per heavy atom. The highest BCUT2D eigenvalue weighted by molar-refractivity contribution is 7.90. The van der Waals surface area contributed by atoms with Gasteiger partial charge in [-0.15, -0.1) is 0 Å². The number of aryl methyl sites for hydroxylation is 2. The Bertz CT molecular complexity index is 873. The Labute approximate surface area is 141 Å². The third-order valence-electron chi connectivity index (χ3n) is 2.63. The lowest BCUT2D eigenvalue weighted by Gasteiger charge is -2.08. The van der Waals surface area contributed by atoms with Gasteiger partial charge in [0.25, 0.3) is 10.0 Å². The van der Waals surface area contributed by atoms with Crippen LogP contribution in [0.15, 0.2) is 15.7 Å². The number of esters is 1. The minimum absolute atomic E-state index is 0.0915. The van der Waals surface area contributed by atoms with Gasteiger partial charge in [-0.3, -0.25) is 5.32 Å². The molecule has 2 aromatic heterocycles. The third-order valence-corrected chi connectivity index (χ3v) is 4.90. The summed E-state index contributed by atoms with van der Waals surface area (Å²) < 4.78 is 30.8. The number of carbonyl (C=O) groups is 2. The maximum Gasteiger partial charge on any atom is 0.340 e. The Hall–Kier alpha value is -2.60. The van der Waals surface area contributed by atoms with E-state index in [-0.39, 0.29) is 16.4 Å². The highest BCUT2D eigenvalue weighted by atomic mass is 32.2. The average molecular weight is 371 g/mol. The summed E-state index contributed by atoms with van der Waals surface area (Å²) in [7, 11) is -3.14. The minimum atomic E-state index is -4.27. The molecule has 0 bridgehead atoms. The molecule has 10 nitrogen and oxygen atoms in total. The van der Waals surface area contributed by atoms with Crippen molar-refractivity contribution in [3.8, 4) is 0 Å². The average Bonchev–Trinajstić information content (AvgIpc) is 2.94. The van der Waals surface area contributed by atoms with Crippen LogP contribution in [0.1, 0.15) is 22.0 Å². The van der Waals surface area contributed by atoms with Gasteiger partial charge in [-0.1, -0.05) is 0 Å². The maximum absolute atomic E-state index is 12.2. The molecule has 0 saturated carbocycles. The summed E-state index contributed by atoms with van der Waals surface area (Å²) in [5.74, 6) is -0.176. The van der Waals surface area contributed by atoms with Crippen molar-refractivity contribution in [2.45, 2.75) is 18.7 Å². The number of methoxy groups -OCH3 is 1. The first kappa shape index (κ1) is 17.7. The Balaban J connectivity index is 2.19. The van der Waals surface area contributed by atoms with Crippen LogP contribution in [-0.2, 0) is 14.8 Å². The summed E-state index contributed by atoms with van der Waals surface area (Å²) in [5, 5.41) is 4.74. The second-order valence-electron chi connectivity index (χ2n) is 4.45. The highest BCUT2D eigenvalue weighted by Crippen LogP contribution is 2.21. The van der Waals surface area contributed by atoms with Gasteiger partial charge in [-0.25, -0.2) is 27.7 Å². The molecule has 0 aliphatic rings. The summed E-state index contributed by atoms with van der Waals surface area (Å²) in [6, 6.07) is -1.07. The van der Waals surface area contributed by atoms with Gasteiger partial charge < -0.3 is 4.74 Å². The van der Waals surface area contributed by atoms with E-state index in [9.17, 15) is 18.0 Å². The fourth-order valence-electron chi connectivity index (χ4n) is 1.73. The largest absolute Gasteiger partial charge is 0.465 e. The molecule has 0 spiro atoms. The lowest BCUT2D eigenvalue weighted by molar-refractivity contribution is 0.0597. The van der Waals surface area contributed by atoms with Gasteiger partial charge in [0.2, 0.25) is 5.95 Å². The number of anilines is 1. The fourth-order valence-corrected chi connectivity index (χ4v) is 3.99. The maximum atomic E-state index is 12.2. The second-order valence-corrected chi connectivity index (χ2v) is 6.85. The predicted octanol–water partition coefficient (Wildman–Crippen LogP) is 0.847. The van der Waals surface area contributed by atoms with Crippen LogP contribution in [0.3, 0.4) is 0 Å². The summed E-state index contributed by atoms with van der Waals surface area (Å²) in [5.41, 5.74) is -0.158.